The number of nitrogens with one attached hydrogen (secondary N) is 2. The molecule has 1 aromatic carbocycles. The number of carbonyl (C=O) groups is 2. The van der Waals surface area contributed by atoms with Gasteiger partial charge >= 0.3 is 0 Å². The minimum atomic E-state index is -2.65. The molecule has 1 saturated heterocycles. The van der Waals surface area contributed by atoms with Gasteiger partial charge in [0.05, 0.1) is 5.41 Å². The molecule has 0 unspecified atom stereocenters. The van der Waals surface area contributed by atoms with E-state index in [1.807, 2.05) is 24.3 Å². The number of benzene rings is 1. The fraction of sp³-hybridized carbons (Fsp3) is 0.480. The number of halogens is 2. The van der Waals surface area contributed by atoms with Gasteiger partial charge in [-0.3, -0.25) is 9.59 Å². The summed E-state index contributed by atoms with van der Waals surface area (Å²) in [7, 11) is 1.71. The number of rotatable bonds is 3. The van der Waals surface area contributed by atoms with Crippen molar-refractivity contribution < 1.29 is 18.4 Å². The fourth-order valence-electron chi connectivity index (χ4n) is 5.83. The van der Waals surface area contributed by atoms with Crippen LogP contribution in [0.15, 0.2) is 30.6 Å². The largest absolute Gasteiger partial charge is 0.355 e. The predicted octanol–water partition coefficient (Wildman–Crippen LogP) is 3.16. The van der Waals surface area contributed by atoms with Crippen LogP contribution in [0.2, 0.25) is 0 Å². The number of hydrogen-bond acceptors (Lipinski definition) is 6. The quantitative estimate of drug-likeness (QED) is 0.579. The first kappa shape index (κ1) is 22.8. The van der Waals surface area contributed by atoms with E-state index < -0.39 is 17.2 Å². The van der Waals surface area contributed by atoms with Gasteiger partial charge in [-0.1, -0.05) is 18.2 Å². The zero-order chi connectivity index (χ0) is 25.1. The van der Waals surface area contributed by atoms with Gasteiger partial charge in [0.2, 0.25) is 17.7 Å². The summed E-state index contributed by atoms with van der Waals surface area (Å²) in [6.45, 7) is 1.20. The lowest BCUT2D eigenvalue weighted by atomic mass is 9.73. The summed E-state index contributed by atoms with van der Waals surface area (Å²) in [5.74, 6) is -2.24. The fourth-order valence-corrected chi connectivity index (χ4v) is 5.83. The number of fused-ring (bicyclic) bond motifs is 3. The first-order valence-corrected chi connectivity index (χ1v) is 12.3. The molecule has 1 spiro atoms. The molecule has 2 amide bonds. The Morgan fingerprint density at radius 2 is 1.83 bits per heavy atom. The molecule has 3 aliphatic rings. The number of hydrogen-bond donors (Lipinski definition) is 2. The highest BCUT2D eigenvalue weighted by molar-refractivity contribution is 6.06. The molecule has 4 heterocycles. The standard InChI is InChI=1S/C25H27F2N7O2/c1-33-19-18(32-21(33)22(35)30-15-6-8-25(26,27)9-7-15)20(29-14-28-19)34-12-10-24(11-13-34)16-4-2-3-5-17(16)31-23(24)36/h2-5,14-15H,6-13H2,1H3,(H,30,35)(H,31,36). The summed E-state index contributed by atoms with van der Waals surface area (Å²) < 4.78 is 28.6. The number of imidazole rings is 1. The summed E-state index contributed by atoms with van der Waals surface area (Å²) in [5, 5.41) is 5.88. The maximum Gasteiger partial charge on any atom is 0.287 e. The number of anilines is 2. The number of aromatic nitrogens is 4. The number of piperidine rings is 1. The number of alkyl halides is 2. The van der Waals surface area contributed by atoms with Crippen molar-refractivity contribution >= 4 is 34.5 Å². The van der Waals surface area contributed by atoms with Gasteiger partial charge in [-0.15, -0.1) is 0 Å². The first-order chi connectivity index (χ1) is 17.3. The zero-order valence-electron chi connectivity index (χ0n) is 19.9. The molecular formula is C25H27F2N7O2. The van der Waals surface area contributed by atoms with Crippen LogP contribution < -0.4 is 15.5 Å². The van der Waals surface area contributed by atoms with Gasteiger partial charge in [0, 0.05) is 44.7 Å². The van der Waals surface area contributed by atoms with Gasteiger partial charge in [0.15, 0.2) is 17.0 Å². The smallest absolute Gasteiger partial charge is 0.287 e. The zero-order valence-corrected chi connectivity index (χ0v) is 19.9. The van der Waals surface area contributed by atoms with Crippen molar-refractivity contribution in [3.63, 3.8) is 0 Å². The Bertz CT molecular complexity index is 1350. The first-order valence-electron chi connectivity index (χ1n) is 12.3. The van der Waals surface area contributed by atoms with Gasteiger partial charge < -0.3 is 20.1 Å². The second-order valence-corrected chi connectivity index (χ2v) is 10.0. The van der Waals surface area contributed by atoms with Crippen molar-refractivity contribution in [3.05, 3.63) is 42.0 Å². The Morgan fingerprint density at radius 1 is 1.11 bits per heavy atom. The lowest BCUT2D eigenvalue weighted by Gasteiger charge is -2.38. The van der Waals surface area contributed by atoms with Crippen molar-refractivity contribution in [3.8, 4) is 0 Å². The van der Waals surface area contributed by atoms with Crippen molar-refractivity contribution in [2.24, 2.45) is 7.05 Å². The van der Waals surface area contributed by atoms with Crippen LogP contribution in [0.1, 0.15) is 54.7 Å². The van der Waals surface area contributed by atoms with E-state index >= 15 is 0 Å². The van der Waals surface area contributed by atoms with Crippen molar-refractivity contribution in [2.75, 3.05) is 23.3 Å². The molecule has 36 heavy (non-hydrogen) atoms. The summed E-state index contributed by atoms with van der Waals surface area (Å²) >= 11 is 0. The van der Waals surface area contributed by atoms with E-state index in [1.165, 1.54) is 6.33 Å². The molecule has 2 N–H and O–H groups in total. The molecule has 1 saturated carbocycles. The SMILES string of the molecule is Cn1c(C(=O)NC2CCC(F)(F)CC2)nc2c(N3CCC4(CC3)C(=O)Nc3ccccc34)ncnc21. The van der Waals surface area contributed by atoms with Gasteiger partial charge in [-0.2, -0.15) is 0 Å². The molecule has 0 atom stereocenters. The number of para-hydroxylation sites is 1. The highest BCUT2D eigenvalue weighted by Crippen LogP contribution is 2.45. The molecule has 2 aliphatic heterocycles. The Morgan fingerprint density at radius 3 is 2.58 bits per heavy atom. The Balaban J connectivity index is 1.23. The summed E-state index contributed by atoms with van der Waals surface area (Å²) in [4.78, 5) is 41.4. The average molecular weight is 496 g/mol. The lowest BCUT2D eigenvalue weighted by molar-refractivity contribution is -0.121. The number of carbonyl (C=O) groups excluding carboxylic acids is 2. The van der Waals surface area contributed by atoms with Gasteiger partial charge in [0.1, 0.15) is 6.33 Å². The van der Waals surface area contributed by atoms with Crippen LogP contribution in [0.4, 0.5) is 20.3 Å². The van der Waals surface area contributed by atoms with Crippen molar-refractivity contribution in [2.45, 2.75) is 55.9 Å². The van der Waals surface area contributed by atoms with Crippen LogP contribution in [0, 0.1) is 0 Å². The molecule has 11 heteroatoms. The van der Waals surface area contributed by atoms with E-state index in [0.717, 1.165) is 11.3 Å². The number of aryl methyl sites for hydroxylation is 1. The Kier molecular flexibility index (Phi) is 5.20. The molecule has 3 aromatic rings. The minimum absolute atomic E-state index is 0.0356. The van der Waals surface area contributed by atoms with Crippen LogP contribution >= 0.6 is 0 Å². The highest BCUT2D eigenvalue weighted by Gasteiger charge is 2.48. The van der Waals surface area contributed by atoms with Crippen LogP contribution in [0.5, 0.6) is 0 Å². The van der Waals surface area contributed by atoms with Gasteiger partial charge in [-0.05, 0) is 37.3 Å². The molecule has 0 radical (unpaired) electrons. The van der Waals surface area contributed by atoms with E-state index in [-0.39, 0.29) is 43.5 Å². The molecule has 2 aromatic heterocycles. The summed E-state index contributed by atoms with van der Waals surface area (Å²) in [5.41, 5.74) is 2.39. The molecular weight excluding hydrogens is 468 g/mol. The van der Waals surface area contributed by atoms with E-state index in [4.69, 9.17) is 0 Å². The molecule has 1 aliphatic carbocycles. The van der Waals surface area contributed by atoms with Crippen molar-refractivity contribution in [1.82, 2.24) is 24.8 Å². The lowest BCUT2D eigenvalue weighted by Crippen LogP contribution is -2.46. The van der Waals surface area contributed by atoms with Crippen molar-refractivity contribution in [1.29, 1.82) is 0 Å². The molecule has 9 nitrogen and oxygen atoms in total. The predicted molar refractivity (Wildman–Crippen MR) is 129 cm³/mol. The normalized spacial score (nSPS) is 21.0. The van der Waals surface area contributed by atoms with Crippen LogP contribution in [0.3, 0.4) is 0 Å². The minimum Gasteiger partial charge on any atom is -0.355 e. The summed E-state index contributed by atoms with van der Waals surface area (Å²) in [6.07, 6.45) is 2.73. The third-order valence-electron chi connectivity index (χ3n) is 7.93. The van der Waals surface area contributed by atoms with E-state index in [9.17, 15) is 18.4 Å². The third-order valence-corrected chi connectivity index (χ3v) is 7.93. The molecule has 6 rings (SSSR count). The monoisotopic (exact) mass is 495 g/mol. The molecule has 0 bridgehead atoms. The van der Waals surface area contributed by atoms with E-state index in [1.54, 1.807) is 11.6 Å². The highest BCUT2D eigenvalue weighted by atomic mass is 19.3. The maximum absolute atomic E-state index is 13.5. The maximum atomic E-state index is 13.5. The Hall–Kier alpha value is -3.63. The average Bonchev–Trinajstić information content (AvgIpc) is 3.35. The van der Waals surface area contributed by atoms with Crippen LogP contribution in [-0.4, -0.2) is 56.4 Å². The Labute approximate surface area is 206 Å². The van der Waals surface area contributed by atoms with Gasteiger partial charge in [-0.25, -0.2) is 23.7 Å². The third kappa shape index (κ3) is 3.59. The van der Waals surface area contributed by atoms with E-state index in [0.29, 0.717) is 42.9 Å². The van der Waals surface area contributed by atoms with Crippen LogP contribution in [-0.2, 0) is 17.3 Å². The molecule has 188 valence electrons. The van der Waals surface area contributed by atoms with Crippen LogP contribution in [0.25, 0.3) is 11.2 Å². The van der Waals surface area contributed by atoms with Gasteiger partial charge in [0.25, 0.3) is 5.91 Å². The number of amides is 2. The van der Waals surface area contributed by atoms with E-state index in [2.05, 4.69) is 30.5 Å². The topological polar surface area (TPSA) is 105 Å². The summed E-state index contributed by atoms with van der Waals surface area (Å²) in [6, 6.07) is 7.52. The second kappa shape index (κ2) is 8.21. The second-order valence-electron chi connectivity index (χ2n) is 10.0. The number of nitrogens with zero attached hydrogens (tertiary/aromatic N) is 5. The molecule has 2 fully saturated rings.